The van der Waals surface area contributed by atoms with Crippen LogP contribution < -0.4 is 10.2 Å². The number of aromatic nitrogens is 2. The predicted molar refractivity (Wildman–Crippen MR) is 131 cm³/mol. The molecule has 9 nitrogen and oxygen atoms in total. The molecule has 1 amide bonds. The Morgan fingerprint density at radius 3 is 2.51 bits per heavy atom. The van der Waals surface area contributed by atoms with Crippen molar-refractivity contribution in [2.24, 2.45) is 12.0 Å². The maximum absolute atomic E-state index is 13.6. The van der Waals surface area contributed by atoms with Gasteiger partial charge in [-0.05, 0) is 50.3 Å². The number of esters is 1. The lowest BCUT2D eigenvalue weighted by atomic mass is 9.89. The molecule has 0 aliphatic carbocycles. The molecule has 0 unspecified atom stereocenters. The Bertz CT molecular complexity index is 1140. The molecule has 2 aromatic rings. The summed E-state index contributed by atoms with van der Waals surface area (Å²) in [5.74, 6) is -0.900. The second kappa shape index (κ2) is 10.4. The molecular weight excluding hydrogens is 450 g/mol. The van der Waals surface area contributed by atoms with E-state index in [1.165, 1.54) is 25.3 Å². The van der Waals surface area contributed by atoms with E-state index >= 15 is 0 Å². The number of carbonyl (C=O) groups excluding carboxylic acids is 2. The van der Waals surface area contributed by atoms with Gasteiger partial charge in [-0.15, -0.1) is 0 Å². The van der Waals surface area contributed by atoms with E-state index in [0.717, 1.165) is 25.0 Å². The summed E-state index contributed by atoms with van der Waals surface area (Å²) < 4.78 is 20.3. The molecule has 2 heterocycles. The van der Waals surface area contributed by atoms with Crippen molar-refractivity contribution in [3.05, 3.63) is 46.6 Å². The molecule has 1 aliphatic rings. The van der Waals surface area contributed by atoms with Crippen molar-refractivity contribution in [2.75, 3.05) is 20.3 Å². The Morgan fingerprint density at radius 1 is 1.23 bits per heavy atom. The van der Waals surface area contributed by atoms with Gasteiger partial charge < -0.3 is 19.3 Å². The summed E-state index contributed by atoms with van der Waals surface area (Å²) in [6.45, 7) is 10.7. The van der Waals surface area contributed by atoms with Crippen molar-refractivity contribution in [3.63, 3.8) is 0 Å². The number of hydrogen-bond acceptors (Lipinski definition) is 6. The van der Waals surface area contributed by atoms with Crippen molar-refractivity contribution in [3.8, 4) is 5.75 Å². The third-order valence-corrected chi connectivity index (χ3v) is 5.81. The van der Waals surface area contributed by atoms with Gasteiger partial charge in [-0.3, -0.25) is 14.2 Å². The minimum Gasteiger partial charge on any atom is -0.490 e. The molecule has 9 heteroatoms. The van der Waals surface area contributed by atoms with Crippen LogP contribution in [0.1, 0.15) is 73.7 Å². The van der Waals surface area contributed by atoms with Gasteiger partial charge in [0.2, 0.25) is 0 Å². The number of carbonyl (C=O) groups is 2. The molecule has 192 valence electrons. The average Bonchev–Trinajstić information content (AvgIpc) is 3.40. The first-order valence-corrected chi connectivity index (χ1v) is 11.9. The Kier molecular flexibility index (Phi) is 7.91. The Morgan fingerprint density at radius 2 is 1.94 bits per heavy atom. The minimum absolute atomic E-state index is 0.0392. The van der Waals surface area contributed by atoms with E-state index in [1.54, 1.807) is 13.8 Å². The monoisotopic (exact) mass is 487 g/mol. The smallest absolute Gasteiger partial charge is 0.337 e. The molecule has 1 N–H and O–H groups in total. The normalized spacial score (nSPS) is 17.0. The standard InChI is InChI=1S/C26H37N3O6/c1-25(2,3)20-15-28(6)29(14-18-9-8-12-34-18)22(20)27-23(30)19-13-17(24(31)33-7)10-11-21(19)35-16-26(4,5)32/h10-11,13,15,18,32H,8-9,12,14,16H2,1-7H3/b27-22+/t18-/m1/s1. The van der Waals surface area contributed by atoms with Gasteiger partial charge in [0.05, 0.1) is 36.5 Å². The highest BCUT2D eigenvalue weighted by Gasteiger charge is 2.25. The number of benzene rings is 1. The molecule has 1 aromatic carbocycles. The van der Waals surface area contributed by atoms with Crippen LogP contribution in [-0.4, -0.2) is 58.4 Å². The Balaban J connectivity index is 2.13. The van der Waals surface area contributed by atoms with Gasteiger partial charge in [0.1, 0.15) is 12.4 Å². The van der Waals surface area contributed by atoms with Gasteiger partial charge in [-0.25, -0.2) is 4.79 Å². The first-order chi connectivity index (χ1) is 16.3. The number of aliphatic hydroxyl groups is 1. The number of amides is 1. The largest absolute Gasteiger partial charge is 0.490 e. The van der Waals surface area contributed by atoms with Gasteiger partial charge in [0, 0.05) is 25.4 Å². The summed E-state index contributed by atoms with van der Waals surface area (Å²) in [5, 5.41) is 10.1. The molecule has 0 bridgehead atoms. The molecule has 0 radical (unpaired) electrons. The number of aryl methyl sites for hydroxylation is 1. The van der Waals surface area contributed by atoms with Crippen LogP contribution in [0.15, 0.2) is 29.4 Å². The zero-order valence-corrected chi connectivity index (χ0v) is 21.8. The van der Waals surface area contributed by atoms with E-state index in [0.29, 0.717) is 12.0 Å². The van der Waals surface area contributed by atoms with Crippen molar-refractivity contribution in [2.45, 2.75) is 71.1 Å². The maximum atomic E-state index is 13.6. The van der Waals surface area contributed by atoms with Crippen LogP contribution in [-0.2, 0) is 28.5 Å². The van der Waals surface area contributed by atoms with Crippen molar-refractivity contribution < 1.29 is 28.9 Å². The first kappa shape index (κ1) is 26.7. The second-order valence-electron chi connectivity index (χ2n) is 10.6. The number of ether oxygens (including phenoxy) is 3. The van der Waals surface area contributed by atoms with Crippen molar-refractivity contribution in [1.82, 2.24) is 9.36 Å². The fraction of sp³-hybridized carbons (Fsp3) is 0.577. The van der Waals surface area contributed by atoms with E-state index in [2.05, 4.69) is 25.8 Å². The number of hydrogen-bond donors (Lipinski definition) is 1. The van der Waals surface area contributed by atoms with Gasteiger partial charge in [-0.2, -0.15) is 4.99 Å². The summed E-state index contributed by atoms with van der Waals surface area (Å²) >= 11 is 0. The zero-order valence-electron chi connectivity index (χ0n) is 21.8. The van der Waals surface area contributed by atoms with Gasteiger partial charge in [0.15, 0.2) is 5.49 Å². The number of methoxy groups -OCH3 is 1. The van der Waals surface area contributed by atoms with Crippen LogP contribution in [0.4, 0.5) is 0 Å². The summed E-state index contributed by atoms with van der Waals surface area (Å²) in [4.78, 5) is 30.3. The molecule has 0 spiro atoms. The second-order valence-corrected chi connectivity index (χ2v) is 10.6. The summed E-state index contributed by atoms with van der Waals surface area (Å²) in [5.41, 5.74) is 0.392. The molecule has 0 saturated carbocycles. The van der Waals surface area contributed by atoms with Gasteiger partial charge in [-0.1, -0.05) is 20.8 Å². The molecule has 1 aliphatic heterocycles. The molecule has 3 rings (SSSR count). The van der Waals surface area contributed by atoms with Crippen LogP contribution in [0.3, 0.4) is 0 Å². The molecule has 1 saturated heterocycles. The van der Waals surface area contributed by atoms with Crippen LogP contribution in [0, 0.1) is 0 Å². The Hall–Kier alpha value is -2.91. The van der Waals surface area contributed by atoms with Gasteiger partial charge in [0.25, 0.3) is 5.91 Å². The van der Waals surface area contributed by atoms with Crippen molar-refractivity contribution >= 4 is 11.9 Å². The predicted octanol–water partition coefficient (Wildman–Crippen LogP) is 2.98. The lowest BCUT2D eigenvalue weighted by Gasteiger charge is -2.19. The highest BCUT2D eigenvalue weighted by molar-refractivity contribution is 6.00. The van der Waals surface area contributed by atoms with Crippen LogP contribution in [0.25, 0.3) is 0 Å². The molecule has 35 heavy (non-hydrogen) atoms. The number of nitrogens with zero attached hydrogens (tertiary/aromatic N) is 3. The summed E-state index contributed by atoms with van der Waals surface area (Å²) in [7, 11) is 3.20. The number of rotatable bonds is 7. The van der Waals surface area contributed by atoms with E-state index in [-0.39, 0.29) is 35.0 Å². The maximum Gasteiger partial charge on any atom is 0.337 e. The Labute approximate surface area is 206 Å². The quantitative estimate of drug-likeness (QED) is 0.602. The highest BCUT2D eigenvalue weighted by Crippen LogP contribution is 2.24. The molecule has 1 atom stereocenters. The molecular formula is C26H37N3O6. The zero-order chi connectivity index (χ0) is 26.0. The van der Waals surface area contributed by atoms with Crippen LogP contribution >= 0.6 is 0 Å². The van der Waals surface area contributed by atoms with Gasteiger partial charge >= 0.3 is 5.97 Å². The molecule has 1 aromatic heterocycles. The lowest BCUT2D eigenvalue weighted by Crippen LogP contribution is -2.33. The molecule has 1 fully saturated rings. The van der Waals surface area contributed by atoms with Crippen LogP contribution in [0.5, 0.6) is 5.75 Å². The van der Waals surface area contributed by atoms with E-state index in [4.69, 9.17) is 14.2 Å². The van der Waals surface area contributed by atoms with Crippen molar-refractivity contribution in [1.29, 1.82) is 0 Å². The topological polar surface area (TPSA) is 104 Å². The highest BCUT2D eigenvalue weighted by atomic mass is 16.5. The SMILES string of the molecule is COC(=O)c1ccc(OCC(C)(C)O)c(C(=O)/N=c2\c(C(C)(C)C)cn(C)n2C[C@H]2CCCO2)c1. The average molecular weight is 488 g/mol. The fourth-order valence-corrected chi connectivity index (χ4v) is 3.92. The fourth-order valence-electron chi connectivity index (χ4n) is 3.92. The lowest BCUT2D eigenvalue weighted by molar-refractivity contribution is 0.0280. The van der Waals surface area contributed by atoms with Crippen LogP contribution in [0.2, 0.25) is 0 Å². The van der Waals surface area contributed by atoms with E-state index in [1.807, 2.05) is 22.6 Å². The third-order valence-electron chi connectivity index (χ3n) is 5.81. The summed E-state index contributed by atoms with van der Waals surface area (Å²) in [6.07, 6.45) is 4.00. The third kappa shape index (κ3) is 6.61. The van der Waals surface area contributed by atoms with E-state index in [9.17, 15) is 14.7 Å². The summed E-state index contributed by atoms with van der Waals surface area (Å²) in [6, 6.07) is 4.46. The first-order valence-electron chi connectivity index (χ1n) is 11.9. The minimum atomic E-state index is -1.11. The van der Waals surface area contributed by atoms with E-state index < -0.39 is 17.5 Å².